The normalized spacial score (nSPS) is 14.2. The van der Waals surface area contributed by atoms with Gasteiger partial charge in [-0.3, -0.25) is 4.98 Å². The standard InChI is InChI=1S/C20H22N8O/c29-11-3-10-28-16-13-21-7-6-14(16)15-12-22-20(24-19(15)28)23-17-4-5-18(26-25-17)27-8-1-2-9-27/h4-7,12-13,29H,1-3,8-11H2,(H,22,23,24,25). The van der Waals surface area contributed by atoms with Crippen molar-refractivity contribution < 1.29 is 5.11 Å². The largest absolute Gasteiger partial charge is 0.396 e. The Morgan fingerprint density at radius 2 is 1.93 bits per heavy atom. The number of rotatable bonds is 6. The predicted molar refractivity (Wildman–Crippen MR) is 111 cm³/mol. The fourth-order valence-electron chi connectivity index (χ4n) is 3.85. The molecule has 0 aliphatic carbocycles. The fraction of sp³-hybridized carbons (Fsp3) is 0.350. The molecular weight excluding hydrogens is 368 g/mol. The summed E-state index contributed by atoms with van der Waals surface area (Å²) in [5.74, 6) is 1.97. The summed E-state index contributed by atoms with van der Waals surface area (Å²) in [6.07, 6.45) is 8.45. The van der Waals surface area contributed by atoms with Crippen molar-refractivity contribution in [1.82, 2.24) is 29.7 Å². The van der Waals surface area contributed by atoms with Crippen molar-refractivity contribution in [3.05, 3.63) is 36.8 Å². The van der Waals surface area contributed by atoms with Crippen molar-refractivity contribution in [2.45, 2.75) is 25.8 Å². The number of nitrogens with one attached hydrogen (secondary N) is 1. The van der Waals surface area contributed by atoms with Gasteiger partial charge < -0.3 is 19.9 Å². The molecule has 4 aromatic rings. The van der Waals surface area contributed by atoms with Gasteiger partial charge in [-0.25, -0.2) is 4.98 Å². The van der Waals surface area contributed by atoms with Gasteiger partial charge in [0, 0.05) is 49.4 Å². The molecule has 148 valence electrons. The van der Waals surface area contributed by atoms with Gasteiger partial charge in [-0.05, 0) is 37.5 Å². The quantitative estimate of drug-likeness (QED) is 0.517. The van der Waals surface area contributed by atoms with E-state index in [1.165, 1.54) is 12.8 Å². The van der Waals surface area contributed by atoms with E-state index in [4.69, 9.17) is 4.98 Å². The van der Waals surface area contributed by atoms with Crippen molar-refractivity contribution in [2.24, 2.45) is 0 Å². The maximum absolute atomic E-state index is 9.27. The van der Waals surface area contributed by atoms with E-state index < -0.39 is 0 Å². The van der Waals surface area contributed by atoms with E-state index in [0.29, 0.717) is 24.7 Å². The Morgan fingerprint density at radius 3 is 2.72 bits per heavy atom. The summed E-state index contributed by atoms with van der Waals surface area (Å²) in [4.78, 5) is 15.7. The Hall–Kier alpha value is -3.33. The molecule has 0 radical (unpaired) electrons. The van der Waals surface area contributed by atoms with E-state index in [2.05, 4.69) is 34.9 Å². The zero-order chi connectivity index (χ0) is 19.6. The average molecular weight is 390 g/mol. The number of fused-ring (bicyclic) bond motifs is 3. The van der Waals surface area contributed by atoms with E-state index in [9.17, 15) is 5.11 Å². The molecule has 1 aliphatic heterocycles. The summed E-state index contributed by atoms with van der Waals surface area (Å²) in [5.41, 5.74) is 1.79. The number of aliphatic hydroxyl groups excluding tert-OH is 1. The van der Waals surface area contributed by atoms with Crippen LogP contribution in [0.1, 0.15) is 19.3 Å². The number of hydrogen-bond donors (Lipinski definition) is 2. The molecule has 4 aromatic heterocycles. The van der Waals surface area contributed by atoms with Gasteiger partial charge in [-0.2, -0.15) is 4.98 Å². The lowest BCUT2D eigenvalue weighted by Crippen LogP contribution is -2.19. The number of aromatic nitrogens is 6. The monoisotopic (exact) mass is 390 g/mol. The highest BCUT2D eigenvalue weighted by Gasteiger charge is 2.15. The molecule has 1 fully saturated rings. The highest BCUT2D eigenvalue weighted by Crippen LogP contribution is 2.28. The van der Waals surface area contributed by atoms with Crippen LogP contribution in [-0.2, 0) is 6.54 Å². The fourth-order valence-corrected chi connectivity index (χ4v) is 3.85. The van der Waals surface area contributed by atoms with Crippen LogP contribution in [0.5, 0.6) is 0 Å². The summed E-state index contributed by atoms with van der Waals surface area (Å²) in [6.45, 7) is 2.85. The van der Waals surface area contributed by atoms with Crippen molar-refractivity contribution >= 4 is 39.5 Å². The van der Waals surface area contributed by atoms with Crippen LogP contribution in [0.2, 0.25) is 0 Å². The number of anilines is 3. The van der Waals surface area contributed by atoms with E-state index in [0.717, 1.165) is 40.8 Å². The van der Waals surface area contributed by atoms with Crippen LogP contribution >= 0.6 is 0 Å². The number of aliphatic hydroxyl groups is 1. The lowest BCUT2D eigenvalue weighted by molar-refractivity contribution is 0.281. The van der Waals surface area contributed by atoms with Crippen molar-refractivity contribution in [1.29, 1.82) is 0 Å². The van der Waals surface area contributed by atoms with Crippen LogP contribution < -0.4 is 10.2 Å². The second kappa shape index (κ2) is 7.59. The maximum Gasteiger partial charge on any atom is 0.230 e. The van der Waals surface area contributed by atoms with Crippen molar-refractivity contribution in [2.75, 3.05) is 29.9 Å². The first kappa shape index (κ1) is 17.7. The molecule has 0 aromatic carbocycles. The van der Waals surface area contributed by atoms with E-state index in [1.807, 2.05) is 30.6 Å². The second-order valence-electron chi connectivity index (χ2n) is 7.15. The molecule has 9 nitrogen and oxygen atoms in total. The summed E-state index contributed by atoms with van der Waals surface area (Å²) < 4.78 is 2.07. The molecule has 0 saturated carbocycles. The second-order valence-corrected chi connectivity index (χ2v) is 7.15. The van der Waals surface area contributed by atoms with Gasteiger partial charge in [-0.1, -0.05) is 0 Å². The lowest BCUT2D eigenvalue weighted by atomic mass is 10.2. The first-order valence-electron chi connectivity index (χ1n) is 9.89. The Labute approximate surface area is 167 Å². The van der Waals surface area contributed by atoms with Crippen molar-refractivity contribution in [3.63, 3.8) is 0 Å². The molecule has 5 heterocycles. The average Bonchev–Trinajstić information content (AvgIpc) is 3.40. The van der Waals surface area contributed by atoms with Crippen LogP contribution in [0.25, 0.3) is 21.9 Å². The molecule has 5 rings (SSSR count). The molecule has 0 amide bonds. The molecule has 29 heavy (non-hydrogen) atoms. The topological polar surface area (TPSA) is 105 Å². The third kappa shape index (κ3) is 3.33. The minimum absolute atomic E-state index is 0.122. The first-order valence-corrected chi connectivity index (χ1v) is 9.89. The van der Waals surface area contributed by atoms with Crippen LogP contribution in [0.15, 0.2) is 36.8 Å². The van der Waals surface area contributed by atoms with Gasteiger partial charge in [-0.15, -0.1) is 10.2 Å². The summed E-state index contributed by atoms with van der Waals surface area (Å²) >= 11 is 0. The summed E-state index contributed by atoms with van der Waals surface area (Å²) in [6, 6.07) is 5.84. The van der Waals surface area contributed by atoms with Gasteiger partial charge >= 0.3 is 0 Å². The van der Waals surface area contributed by atoms with Gasteiger partial charge in [0.2, 0.25) is 5.95 Å². The SMILES string of the molecule is OCCCn1c2cnccc2c2cnc(Nc3ccc(N4CCCC4)nn3)nc21. The van der Waals surface area contributed by atoms with Crippen LogP contribution in [0.3, 0.4) is 0 Å². The van der Waals surface area contributed by atoms with Gasteiger partial charge in [0.25, 0.3) is 0 Å². The van der Waals surface area contributed by atoms with E-state index >= 15 is 0 Å². The van der Waals surface area contributed by atoms with Gasteiger partial charge in [0.1, 0.15) is 5.65 Å². The highest BCUT2D eigenvalue weighted by molar-refractivity contribution is 6.06. The van der Waals surface area contributed by atoms with Crippen LogP contribution in [-0.4, -0.2) is 54.5 Å². The zero-order valence-electron chi connectivity index (χ0n) is 16.0. The van der Waals surface area contributed by atoms with E-state index in [1.54, 1.807) is 6.20 Å². The first-order chi connectivity index (χ1) is 14.3. The number of hydrogen-bond acceptors (Lipinski definition) is 8. The Balaban J connectivity index is 1.46. The minimum atomic E-state index is 0.122. The maximum atomic E-state index is 9.27. The smallest absolute Gasteiger partial charge is 0.230 e. The summed E-state index contributed by atoms with van der Waals surface area (Å²) in [5, 5.41) is 23.0. The molecular formula is C20H22N8O. The zero-order valence-corrected chi connectivity index (χ0v) is 16.0. The molecule has 1 aliphatic rings. The van der Waals surface area contributed by atoms with Crippen molar-refractivity contribution in [3.8, 4) is 0 Å². The molecule has 0 spiro atoms. The number of nitrogens with zero attached hydrogens (tertiary/aromatic N) is 7. The Bertz CT molecular complexity index is 1130. The molecule has 9 heteroatoms. The third-order valence-corrected chi connectivity index (χ3v) is 5.27. The molecule has 2 N–H and O–H groups in total. The van der Waals surface area contributed by atoms with Crippen LogP contribution in [0, 0.1) is 0 Å². The van der Waals surface area contributed by atoms with E-state index in [-0.39, 0.29) is 6.61 Å². The third-order valence-electron chi connectivity index (χ3n) is 5.27. The number of pyridine rings is 1. The summed E-state index contributed by atoms with van der Waals surface area (Å²) in [7, 11) is 0. The predicted octanol–water partition coefficient (Wildman–Crippen LogP) is 2.50. The van der Waals surface area contributed by atoms with Crippen LogP contribution in [0.4, 0.5) is 17.6 Å². The Kier molecular flexibility index (Phi) is 4.65. The van der Waals surface area contributed by atoms with Gasteiger partial charge in [0.05, 0.1) is 11.7 Å². The Morgan fingerprint density at radius 1 is 1.03 bits per heavy atom. The molecule has 0 unspecified atom stereocenters. The molecule has 0 bridgehead atoms. The van der Waals surface area contributed by atoms with Gasteiger partial charge in [0.15, 0.2) is 11.6 Å². The minimum Gasteiger partial charge on any atom is -0.396 e. The molecule has 0 atom stereocenters. The lowest BCUT2D eigenvalue weighted by Gasteiger charge is -2.15. The molecule has 1 saturated heterocycles. The highest BCUT2D eigenvalue weighted by atomic mass is 16.3. The number of aryl methyl sites for hydroxylation is 1.